The summed E-state index contributed by atoms with van der Waals surface area (Å²) in [5.74, 6) is -3.18. The molecule has 1 heterocycles. The van der Waals surface area contributed by atoms with Gasteiger partial charge in [-0.25, -0.2) is 13.2 Å². The zero-order chi connectivity index (χ0) is 20.5. The smallest absolute Gasteiger partial charge is 0.298 e. The number of alkyl halides is 3. The number of nitrogens with zero attached hydrogens (tertiary/aromatic N) is 1. The number of halogens is 6. The maximum Gasteiger partial charge on any atom is 0.416 e. The summed E-state index contributed by atoms with van der Waals surface area (Å²) >= 11 is 0. The van der Waals surface area contributed by atoms with Gasteiger partial charge < -0.3 is 0 Å². The normalized spacial score (nSPS) is 11.5. The van der Waals surface area contributed by atoms with Gasteiger partial charge in [0.25, 0.3) is 0 Å². The molecule has 0 atom stereocenters. The lowest BCUT2D eigenvalue weighted by molar-refractivity contribution is -0.137. The van der Waals surface area contributed by atoms with Crippen LogP contribution in [0.4, 0.5) is 26.3 Å². The molecule has 0 unspecified atom stereocenters. The van der Waals surface area contributed by atoms with Gasteiger partial charge in [-0.15, -0.1) is 0 Å². The summed E-state index contributed by atoms with van der Waals surface area (Å²) < 4.78 is 80.1. The average molecular weight is 395 g/mol. The van der Waals surface area contributed by atoms with E-state index in [1.165, 1.54) is 24.3 Å². The topological polar surface area (TPSA) is 30.0 Å². The molecule has 0 aliphatic rings. The summed E-state index contributed by atoms with van der Waals surface area (Å²) in [6, 6.07) is 7.87. The fourth-order valence-electron chi connectivity index (χ4n) is 2.68. The van der Waals surface area contributed by atoms with E-state index >= 15 is 0 Å². The molecule has 3 rings (SSSR count). The zero-order valence-electron chi connectivity index (χ0n) is 14.0. The van der Waals surface area contributed by atoms with Crippen LogP contribution in [0.25, 0.3) is 11.3 Å². The first-order valence-electron chi connectivity index (χ1n) is 7.96. The Balaban J connectivity index is 2.07. The van der Waals surface area contributed by atoms with Gasteiger partial charge in [0, 0.05) is 17.5 Å². The zero-order valence-corrected chi connectivity index (χ0v) is 14.0. The van der Waals surface area contributed by atoms with Crippen LogP contribution < -0.4 is 0 Å². The average Bonchev–Trinajstić information content (AvgIpc) is 2.65. The molecule has 0 saturated heterocycles. The van der Waals surface area contributed by atoms with Crippen LogP contribution in [0.1, 0.15) is 27.2 Å². The highest BCUT2D eigenvalue weighted by Gasteiger charge is 2.31. The van der Waals surface area contributed by atoms with Gasteiger partial charge in [0.05, 0.1) is 17.0 Å². The molecule has 2 nitrogen and oxygen atoms in total. The van der Waals surface area contributed by atoms with Crippen molar-refractivity contribution in [2.45, 2.75) is 12.6 Å². The standard InChI is InChI=1S/C20H11F6NO/c21-15-6-5-13(20(24,25)26)8-12(15)9-18-11(10-28)4-7-17(27-18)14-2-1-3-16(22)19(14)23/h1-8,10H,9H2. The molecule has 0 aliphatic heterocycles. The lowest BCUT2D eigenvalue weighted by Crippen LogP contribution is -2.08. The Morgan fingerprint density at radius 3 is 2.36 bits per heavy atom. The van der Waals surface area contributed by atoms with Gasteiger partial charge in [0.15, 0.2) is 17.9 Å². The first-order valence-corrected chi connectivity index (χ1v) is 7.96. The predicted octanol–water partition coefficient (Wildman–Crippen LogP) is 5.59. The maximum atomic E-state index is 14.0. The Morgan fingerprint density at radius 1 is 0.929 bits per heavy atom. The predicted molar refractivity (Wildman–Crippen MR) is 89.2 cm³/mol. The third-order valence-corrected chi connectivity index (χ3v) is 4.09. The summed E-state index contributed by atoms with van der Waals surface area (Å²) in [7, 11) is 0. The number of hydrogen-bond donors (Lipinski definition) is 0. The lowest BCUT2D eigenvalue weighted by Gasteiger charge is -2.12. The molecule has 3 aromatic rings. The molecule has 0 radical (unpaired) electrons. The first kappa shape index (κ1) is 19.6. The van der Waals surface area contributed by atoms with Crippen molar-refractivity contribution in [1.29, 1.82) is 0 Å². The molecular weight excluding hydrogens is 384 g/mol. The number of carbonyl (C=O) groups is 1. The van der Waals surface area contributed by atoms with Gasteiger partial charge in [-0.2, -0.15) is 13.2 Å². The number of rotatable bonds is 4. The molecule has 0 bridgehead atoms. The molecule has 0 spiro atoms. The van der Waals surface area contributed by atoms with E-state index in [0.29, 0.717) is 24.5 Å². The van der Waals surface area contributed by atoms with E-state index < -0.39 is 35.6 Å². The third kappa shape index (κ3) is 3.90. The van der Waals surface area contributed by atoms with Crippen LogP contribution in [0, 0.1) is 17.5 Å². The number of carbonyl (C=O) groups excluding carboxylic acids is 1. The lowest BCUT2D eigenvalue weighted by atomic mass is 10.0. The third-order valence-electron chi connectivity index (χ3n) is 4.09. The van der Waals surface area contributed by atoms with E-state index in [1.807, 2.05) is 0 Å². The number of hydrogen-bond acceptors (Lipinski definition) is 2. The Labute approximate surface area is 155 Å². The van der Waals surface area contributed by atoms with Crippen LogP contribution in [0.15, 0.2) is 48.5 Å². The Bertz CT molecular complexity index is 1050. The van der Waals surface area contributed by atoms with E-state index in [0.717, 1.165) is 6.07 Å². The van der Waals surface area contributed by atoms with Gasteiger partial charge in [0.2, 0.25) is 0 Å². The second-order valence-electron chi connectivity index (χ2n) is 5.93. The van der Waals surface area contributed by atoms with Crippen LogP contribution in [-0.4, -0.2) is 11.3 Å². The highest BCUT2D eigenvalue weighted by atomic mass is 19.4. The summed E-state index contributed by atoms with van der Waals surface area (Å²) in [4.78, 5) is 15.3. The molecule has 1 aromatic heterocycles. The molecule has 0 amide bonds. The fraction of sp³-hybridized carbons (Fsp3) is 0.100. The molecular formula is C20H11F6NO. The summed E-state index contributed by atoms with van der Waals surface area (Å²) in [6.07, 6.45) is -4.70. The van der Waals surface area contributed by atoms with Crippen LogP contribution in [-0.2, 0) is 12.6 Å². The van der Waals surface area contributed by atoms with Crippen molar-refractivity contribution in [3.05, 3.63) is 88.4 Å². The minimum absolute atomic E-state index is 0.00243. The minimum atomic E-state index is -4.67. The van der Waals surface area contributed by atoms with Gasteiger partial charge in [-0.3, -0.25) is 9.78 Å². The summed E-state index contributed by atoms with van der Waals surface area (Å²) in [5.41, 5.74) is -1.67. The van der Waals surface area contributed by atoms with Crippen molar-refractivity contribution < 1.29 is 31.1 Å². The second kappa shape index (κ2) is 7.46. The maximum absolute atomic E-state index is 14.0. The minimum Gasteiger partial charge on any atom is -0.298 e. The van der Waals surface area contributed by atoms with Crippen molar-refractivity contribution >= 4 is 6.29 Å². The molecule has 0 fully saturated rings. The number of pyridine rings is 1. The van der Waals surface area contributed by atoms with Crippen molar-refractivity contribution in [3.63, 3.8) is 0 Å². The molecule has 144 valence electrons. The second-order valence-corrected chi connectivity index (χ2v) is 5.93. The van der Waals surface area contributed by atoms with Gasteiger partial charge in [-0.05, 0) is 48.0 Å². The quantitative estimate of drug-likeness (QED) is 0.426. The van der Waals surface area contributed by atoms with Crippen molar-refractivity contribution in [3.8, 4) is 11.3 Å². The highest BCUT2D eigenvalue weighted by molar-refractivity contribution is 5.78. The van der Waals surface area contributed by atoms with E-state index in [4.69, 9.17) is 0 Å². The molecule has 2 aromatic carbocycles. The monoisotopic (exact) mass is 395 g/mol. The van der Waals surface area contributed by atoms with Gasteiger partial charge in [0.1, 0.15) is 5.82 Å². The van der Waals surface area contributed by atoms with Gasteiger partial charge >= 0.3 is 6.18 Å². The van der Waals surface area contributed by atoms with Crippen LogP contribution >= 0.6 is 0 Å². The molecule has 0 saturated carbocycles. The SMILES string of the molecule is O=Cc1ccc(-c2cccc(F)c2F)nc1Cc1cc(C(F)(F)F)ccc1F. The molecule has 0 aliphatic carbocycles. The summed E-state index contributed by atoms with van der Waals surface area (Å²) in [6.45, 7) is 0. The highest BCUT2D eigenvalue weighted by Crippen LogP contribution is 2.31. The van der Waals surface area contributed by atoms with Crippen molar-refractivity contribution in [1.82, 2.24) is 4.98 Å². The van der Waals surface area contributed by atoms with Crippen molar-refractivity contribution in [2.24, 2.45) is 0 Å². The first-order chi connectivity index (χ1) is 13.2. The van der Waals surface area contributed by atoms with E-state index in [-0.39, 0.29) is 28.1 Å². The van der Waals surface area contributed by atoms with Crippen LogP contribution in [0.2, 0.25) is 0 Å². The van der Waals surface area contributed by atoms with E-state index in [2.05, 4.69) is 4.98 Å². The summed E-state index contributed by atoms with van der Waals surface area (Å²) in [5, 5.41) is 0. The number of aldehydes is 1. The van der Waals surface area contributed by atoms with E-state index in [9.17, 15) is 31.1 Å². The molecule has 8 heteroatoms. The number of aromatic nitrogens is 1. The van der Waals surface area contributed by atoms with Crippen LogP contribution in [0.3, 0.4) is 0 Å². The Kier molecular flexibility index (Phi) is 5.22. The largest absolute Gasteiger partial charge is 0.416 e. The van der Waals surface area contributed by atoms with Gasteiger partial charge in [-0.1, -0.05) is 6.07 Å². The van der Waals surface area contributed by atoms with Crippen LogP contribution in [0.5, 0.6) is 0 Å². The van der Waals surface area contributed by atoms with E-state index in [1.54, 1.807) is 0 Å². The molecule has 0 N–H and O–H groups in total. The Morgan fingerprint density at radius 2 is 1.68 bits per heavy atom. The number of benzene rings is 2. The Hall–Kier alpha value is -3.16. The van der Waals surface area contributed by atoms with Crippen molar-refractivity contribution in [2.75, 3.05) is 0 Å². The molecule has 28 heavy (non-hydrogen) atoms. The fourth-order valence-corrected chi connectivity index (χ4v) is 2.68.